The molecule has 2 aliphatic rings. The van der Waals surface area contributed by atoms with Crippen LogP contribution in [0.4, 0.5) is 0 Å². The smallest absolute Gasteiger partial charge is 0.231 e. The Bertz CT molecular complexity index is 827. The Kier molecular flexibility index (Phi) is 8.04. The van der Waals surface area contributed by atoms with Crippen molar-refractivity contribution in [3.8, 4) is 17.2 Å². The third-order valence-corrected chi connectivity index (χ3v) is 5.93. The highest BCUT2D eigenvalue weighted by Gasteiger charge is 2.20. The van der Waals surface area contributed by atoms with E-state index in [1.807, 2.05) is 30.3 Å². The van der Waals surface area contributed by atoms with E-state index in [-0.39, 0.29) is 0 Å². The zero-order valence-corrected chi connectivity index (χ0v) is 19.1. The lowest BCUT2D eigenvalue weighted by Gasteiger charge is -2.35. The number of piperazine rings is 1. The average molecular weight is 493 g/mol. The van der Waals surface area contributed by atoms with Gasteiger partial charge >= 0.3 is 0 Å². The van der Waals surface area contributed by atoms with E-state index < -0.39 is 6.10 Å². The molecule has 1 fully saturated rings. The van der Waals surface area contributed by atoms with Crippen molar-refractivity contribution >= 4 is 15.9 Å². The normalized spacial score (nSPS) is 17.6. The van der Waals surface area contributed by atoms with Crippen molar-refractivity contribution in [1.82, 2.24) is 9.80 Å². The molecule has 0 saturated carbocycles. The Morgan fingerprint density at radius 3 is 2.48 bits per heavy atom. The van der Waals surface area contributed by atoms with Crippen molar-refractivity contribution in [1.29, 1.82) is 0 Å². The number of β-amino-alcohol motifs (C(OH)–C–C–N with tert-alkyl or cyclic N) is 1. The number of aliphatic hydroxyl groups is 1. The van der Waals surface area contributed by atoms with E-state index >= 15 is 0 Å². The van der Waals surface area contributed by atoms with Gasteiger partial charge < -0.3 is 24.1 Å². The lowest BCUT2D eigenvalue weighted by atomic mass is 10.1. The molecule has 2 aromatic rings. The SMILES string of the molecule is OC(COCCOc1ccc(Br)cc1)CN1CCN(Cc2ccc3c(c2)OCO3)CC1. The van der Waals surface area contributed by atoms with Crippen molar-refractivity contribution < 1.29 is 24.1 Å². The number of benzene rings is 2. The van der Waals surface area contributed by atoms with Gasteiger partial charge in [-0.15, -0.1) is 0 Å². The van der Waals surface area contributed by atoms with Gasteiger partial charge in [0.05, 0.1) is 19.3 Å². The Balaban J connectivity index is 1.08. The van der Waals surface area contributed by atoms with Crippen LogP contribution in [0, 0.1) is 0 Å². The van der Waals surface area contributed by atoms with Crippen LogP contribution in [0.1, 0.15) is 5.56 Å². The Morgan fingerprint density at radius 1 is 0.935 bits per heavy atom. The summed E-state index contributed by atoms with van der Waals surface area (Å²) < 4.78 is 23.1. The molecule has 168 valence electrons. The molecule has 2 aromatic carbocycles. The summed E-state index contributed by atoms with van der Waals surface area (Å²) in [5, 5.41) is 10.3. The van der Waals surface area contributed by atoms with Gasteiger partial charge in [0.1, 0.15) is 12.4 Å². The van der Waals surface area contributed by atoms with Crippen LogP contribution in [0.2, 0.25) is 0 Å². The molecule has 7 nitrogen and oxygen atoms in total. The summed E-state index contributed by atoms with van der Waals surface area (Å²) in [5.74, 6) is 2.47. The van der Waals surface area contributed by atoms with Crippen molar-refractivity contribution in [3.05, 3.63) is 52.5 Å². The van der Waals surface area contributed by atoms with Gasteiger partial charge in [-0.3, -0.25) is 9.80 Å². The van der Waals surface area contributed by atoms with E-state index in [2.05, 4.69) is 37.9 Å². The van der Waals surface area contributed by atoms with E-state index in [9.17, 15) is 5.11 Å². The molecule has 0 amide bonds. The number of ether oxygens (including phenoxy) is 4. The first-order valence-corrected chi connectivity index (χ1v) is 11.4. The Hall–Kier alpha value is -1.84. The number of nitrogens with zero attached hydrogens (tertiary/aromatic N) is 2. The van der Waals surface area contributed by atoms with Crippen molar-refractivity contribution in [2.45, 2.75) is 12.6 Å². The predicted molar refractivity (Wildman–Crippen MR) is 121 cm³/mol. The molecule has 1 unspecified atom stereocenters. The molecular formula is C23H29BrN2O5. The fourth-order valence-electron chi connectivity index (χ4n) is 3.75. The van der Waals surface area contributed by atoms with Crippen LogP contribution >= 0.6 is 15.9 Å². The van der Waals surface area contributed by atoms with Gasteiger partial charge in [0.2, 0.25) is 6.79 Å². The van der Waals surface area contributed by atoms with Crippen LogP contribution in [0.15, 0.2) is 46.9 Å². The second-order valence-electron chi connectivity index (χ2n) is 7.80. The molecule has 8 heteroatoms. The number of halogens is 1. The number of aliphatic hydroxyl groups excluding tert-OH is 1. The molecule has 0 radical (unpaired) electrons. The Labute approximate surface area is 191 Å². The fraction of sp³-hybridized carbons (Fsp3) is 0.478. The molecule has 0 aromatic heterocycles. The quantitative estimate of drug-likeness (QED) is 0.511. The molecule has 2 aliphatic heterocycles. The van der Waals surface area contributed by atoms with Gasteiger partial charge in [-0.05, 0) is 42.0 Å². The second-order valence-corrected chi connectivity index (χ2v) is 8.71. The van der Waals surface area contributed by atoms with Gasteiger partial charge in [-0.2, -0.15) is 0 Å². The predicted octanol–water partition coefficient (Wildman–Crippen LogP) is 2.75. The van der Waals surface area contributed by atoms with Gasteiger partial charge in [0.25, 0.3) is 0 Å². The number of hydrogen-bond donors (Lipinski definition) is 1. The lowest BCUT2D eigenvalue weighted by Crippen LogP contribution is -2.48. The van der Waals surface area contributed by atoms with Gasteiger partial charge in [-0.1, -0.05) is 22.0 Å². The minimum atomic E-state index is -0.493. The first-order valence-electron chi connectivity index (χ1n) is 10.6. The molecule has 1 atom stereocenters. The monoisotopic (exact) mass is 492 g/mol. The maximum atomic E-state index is 10.3. The largest absolute Gasteiger partial charge is 0.491 e. The fourth-order valence-corrected chi connectivity index (χ4v) is 4.01. The summed E-state index contributed by atoms with van der Waals surface area (Å²) in [4.78, 5) is 4.72. The van der Waals surface area contributed by atoms with Crippen LogP contribution in [-0.2, 0) is 11.3 Å². The van der Waals surface area contributed by atoms with Crippen LogP contribution in [-0.4, -0.2) is 80.3 Å². The molecule has 4 rings (SSSR count). The Morgan fingerprint density at radius 2 is 1.68 bits per heavy atom. The molecule has 1 N–H and O–H groups in total. The van der Waals surface area contributed by atoms with E-state index in [4.69, 9.17) is 18.9 Å². The molecule has 0 spiro atoms. The van der Waals surface area contributed by atoms with Gasteiger partial charge in [-0.25, -0.2) is 0 Å². The van der Waals surface area contributed by atoms with Gasteiger partial charge in [0.15, 0.2) is 11.5 Å². The molecule has 0 aliphatic carbocycles. The molecular weight excluding hydrogens is 464 g/mol. The van der Waals surface area contributed by atoms with Gasteiger partial charge in [0, 0.05) is 43.7 Å². The average Bonchev–Trinajstić information content (AvgIpc) is 3.24. The standard InChI is InChI=1S/C23H29BrN2O5/c24-19-2-4-21(5-3-19)29-12-11-28-16-20(27)15-26-9-7-25(8-10-26)14-18-1-6-22-23(13-18)31-17-30-22/h1-6,13,20,27H,7-12,14-17H2. The third kappa shape index (κ3) is 6.82. The molecule has 1 saturated heterocycles. The molecule has 2 heterocycles. The third-order valence-electron chi connectivity index (χ3n) is 5.40. The number of hydrogen-bond acceptors (Lipinski definition) is 7. The summed E-state index contributed by atoms with van der Waals surface area (Å²) >= 11 is 3.40. The topological polar surface area (TPSA) is 63.6 Å². The number of fused-ring (bicyclic) bond motifs is 1. The van der Waals surface area contributed by atoms with Crippen molar-refractivity contribution in [3.63, 3.8) is 0 Å². The summed E-state index contributed by atoms with van der Waals surface area (Å²) in [7, 11) is 0. The minimum Gasteiger partial charge on any atom is -0.491 e. The zero-order valence-electron chi connectivity index (χ0n) is 17.5. The number of rotatable bonds is 10. The first kappa shape index (κ1) is 22.4. The maximum absolute atomic E-state index is 10.3. The minimum absolute atomic E-state index is 0.307. The highest BCUT2D eigenvalue weighted by atomic mass is 79.9. The first-order chi connectivity index (χ1) is 15.2. The van der Waals surface area contributed by atoms with Crippen molar-refractivity contribution in [2.24, 2.45) is 0 Å². The van der Waals surface area contributed by atoms with Crippen LogP contribution < -0.4 is 14.2 Å². The highest BCUT2D eigenvalue weighted by Crippen LogP contribution is 2.32. The summed E-state index contributed by atoms with van der Waals surface area (Å²) in [5.41, 5.74) is 1.23. The summed E-state index contributed by atoms with van der Waals surface area (Å²) in [6, 6.07) is 13.8. The zero-order chi connectivity index (χ0) is 21.5. The van der Waals surface area contributed by atoms with Crippen LogP contribution in [0.5, 0.6) is 17.2 Å². The molecule has 31 heavy (non-hydrogen) atoms. The summed E-state index contributed by atoms with van der Waals surface area (Å²) in [6.45, 7) is 6.90. The highest BCUT2D eigenvalue weighted by molar-refractivity contribution is 9.10. The van der Waals surface area contributed by atoms with E-state index in [0.29, 0.717) is 33.2 Å². The van der Waals surface area contributed by atoms with Crippen LogP contribution in [0.3, 0.4) is 0 Å². The van der Waals surface area contributed by atoms with Crippen molar-refractivity contribution in [2.75, 3.05) is 59.3 Å². The van der Waals surface area contributed by atoms with E-state index in [1.54, 1.807) is 0 Å². The summed E-state index contributed by atoms with van der Waals surface area (Å²) in [6.07, 6.45) is -0.493. The lowest BCUT2D eigenvalue weighted by molar-refractivity contribution is -0.000439. The molecule has 0 bridgehead atoms. The maximum Gasteiger partial charge on any atom is 0.231 e. The second kappa shape index (κ2) is 11.2. The van der Waals surface area contributed by atoms with E-state index in [0.717, 1.165) is 54.4 Å². The van der Waals surface area contributed by atoms with E-state index in [1.165, 1.54) is 5.56 Å². The van der Waals surface area contributed by atoms with Crippen LogP contribution in [0.25, 0.3) is 0 Å².